The summed E-state index contributed by atoms with van der Waals surface area (Å²) in [6, 6.07) is 22.6. The van der Waals surface area contributed by atoms with Gasteiger partial charge >= 0.3 is 0 Å². The average molecular weight is 412 g/mol. The first-order chi connectivity index (χ1) is 13.4. The predicted molar refractivity (Wildman–Crippen MR) is 117 cm³/mol. The van der Waals surface area contributed by atoms with Gasteiger partial charge in [0.15, 0.2) is 0 Å². The maximum absolute atomic E-state index is 13.0. The molecule has 0 amide bonds. The molecular weight excluding hydrogens is 386 g/mol. The lowest BCUT2D eigenvalue weighted by molar-refractivity contribution is 0.568. The summed E-state index contributed by atoms with van der Waals surface area (Å²) in [5.74, 6) is 0.612. The monoisotopic (exact) mass is 411 g/mol. The van der Waals surface area contributed by atoms with E-state index in [1.54, 1.807) is 23.9 Å². The van der Waals surface area contributed by atoms with Gasteiger partial charge in [-0.25, -0.2) is 13.1 Å². The third kappa shape index (κ3) is 5.04. The minimum absolute atomic E-state index is 0.288. The van der Waals surface area contributed by atoms with Gasteiger partial charge < -0.3 is 0 Å². The number of hydrogen-bond acceptors (Lipinski definition) is 3. The van der Waals surface area contributed by atoms with Crippen LogP contribution in [0.3, 0.4) is 0 Å². The van der Waals surface area contributed by atoms with E-state index in [1.165, 1.54) is 16.0 Å². The van der Waals surface area contributed by atoms with Crippen LogP contribution in [-0.2, 0) is 10.0 Å². The number of nitrogens with one attached hydrogen (secondary N) is 1. The first-order valence-corrected chi connectivity index (χ1v) is 11.7. The van der Waals surface area contributed by atoms with Gasteiger partial charge in [0.25, 0.3) is 0 Å². The Balaban J connectivity index is 1.86. The number of benzene rings is 3. The number of sulfonamides is 1. The van der Waals surface area contributed by atoms with Crippen LogP contribution in [0.5, 0.6) is 0 Å². The molecule has 0 spiro atoms. The van der Waals surface area contributed by atoms with Gasteiger partial charge in [0.2, 0.25) is 10.0 Å². The quantitative estimate of drug-likeness (QED) is 0.528. The molecular formula is C23H25NO2S2. The molecule has 0 saturated carbocycles. The highest BCUT2D eigenvalue weighted by Gasteiger charge is 2.22. The maximum atomic E-state index is 13.0. The molecule has 0 aliphatic heterocycles. The second kappa shape index (κ2) is 8.95. The van der Waals surface area contributed by atoms with Gasteiger partial charge in [-0.15, -0.1) is 11.8 Å². The molecule has 0 bridgehead atoms. The van der Waals surface area contributed by atoms with Crippen molar-refractivity contribution in [3.05, 3.63) is 95.1 Å². The van der Waals surface area contributed by atoms with Crippen LogP contribution < -0.4 is 4.72 Å². The molecule has 146 valence electrons. The smallest absolute Gasteiger partial charge is 0.207 e. The lowest BCUT2D eigenvalue weighted by atomic mass is 10.1. The van der Waals surface area contributed by atoms with Crippen molar-refractivity contribution in [2.24, 2.45) is 0 Å². The first kappa shape index (κ1) is 20.6. The van der Waals surface area contributed by atoms with Gasteiger partial charge in [0, 0.05) is 10.6 Å². The molecule has 1 atom stereocenters. The van der Waals surface area contributed by atoms with Gasteiger partial charge in [-0.1, -0.05) is 66.2 Å². The Morgan fingerprint density at radius 2 is 1.43 bits per heavy atom. The van der Waals surface area contributed by atoms with Crippen molar-refractivity contribution >= 4 is 21.8 Å². The molecule has 28 heavy (non-hydrogen) atoms. The molecule has 1 N–H and O–H groups in total. The summed E-state index contributed by atoms with van der Waals surface area (Å²) in [5.41, 5.74) is 4.40. The van der Waals surface area contributed by atoms with E-state index in [4.69, 9.17) is 0 Å². The van der Waals surface area contributed by atoms with E-state index in [0.29, 0.717) is 5.75 Å². The zero-order valence-electron chi connectivity index (χ0n) is 16.3. The topological polar surface area (TPSA) is 46.2 Å². The van der Waals surface area contributed by atoms with Crippen molar-refractivity contribution in [1.29, 1.82) is 0 Å². The molecule has 0 aliphatic rings. The number of thioether (sulfide) groups is 1. The highest BCUT2D eigenvalue weighted by atomic mass is 32.2. The summed E-state index contributed by atoms with van der Waals surface area (Å²) in [6.45, 7) is 6.12. The SMILES string of the molecule is Cc1ccc(S(=O)(=O)N[C@@H](CSc2c(C)cccc2C)c2ccccc2)cc1. The van der Waals surface area contributed by atoms with Crippen LogP contribution in [0, 0.1) is 20.8 Å². The van der Waals surface area contributed by atoms with Crippen LogP contribution in [0.2, 0.25) is 0 Å². The van der Waals surface area contributed by atoms with Crippen molar-refractivity contribution in [3.63, 3.8) is 0 Å². The Labute approximate surface area is 172 Å². The second-order valence-corrected chi connectivity index (χ2v) is 9.67. The van der Waals surface area contributed by atoms with Crippen molar-refractivity contribution in [1.82, 2.24) is 4.72 Å². The molecule has 3 aromatic rings. The fraction of sp³-hybridized carbons (Fsp3) is 0.217. The summed E-state index contributed by atoms with van der Waals surface area (Å²) in [5, 5.41) is 0. The zero-order chi connectivity index (χ0) is 20.1. The highest BCUT2D eigenvalue weighted by molar-refractivity contribution is 7.99. The van der Waals surface area contributed by atoms with Crippen LogP contribution in [0.4, 0.5) is 0 Å². The van der Waals surface area contributed by atoms with Gasteiger partial charge in [-0.2, -0.15) is 0 Å². The van der Waals surface area contributed by atoms with E-state index in [0.717, 1.165) is 11.1 Å². The van der Waals surface area contributed by atoms with Crippen LogP contribution in [0.25, 0.3) is 0 Å². The minimum atomic E-state index is -3.61. The third-order valence-corrected chi connectivity index (χ3v) is 7.55. The van der Waals surface area contributed by atoms with Gasteiger partial charge in [0.05, 0.1) is 10.9 Å². The Morgan fingerprint density at radius 3 is 2.04 bits per heavy atom. The number of hydrogen-bond donors (Lipinski definition) is 1. The van der Waals surface area contributed by atoms with Crippen molar-refractivity contribution in [2.75, 3.05) is 5.75 Å². The number of rotatable bonds is 7. The van der Waals surface area contributed by atoms with E-state index in [1.807, 2.05) is 55.5 Å². The van der Waals surface area contributed by atoms with Crippen molar-refractivity contribution < 1.29 is 8.42 Å². The fourth-order valence-electron chi connectivity index (χ4n) is 3.05. The Bertz CT molecular complexity index is 1010. The molecule has 5 heteroatoms. The summed E-state index contributed by atoms with van der Waals surface area (Å²) in [4.78, 5) is 1.49. The Kier molecular flexibility index (Phi) is 6.60. The normalized spacial score (nSPS) is 12.7. The van der Waals surface area contributed by atoms with Crippen molar-refractivity contribution in [3.8, 4) is 0 Å². The van der Waals surface area contributed by atoms with Gasteiger partial charge in [-0.05, 0) is 49.6 Å². The summed E-state index contributed by atoms with van der Waals surface area (Å²) in [6.07, 6.45) is 0. The van der Waals surface area contributed by atoms with E-state index < -0.39 is 10.0 Å². The molecule has 0 unspecified atom stereocenters. The standard InChI is InChI=1S/C23H25NO2S2/c1-17-12-14-21(15-13-17)28(25,26)24-22(20-10-5-4-6-11-20)16-27-23-18(2)8-7-9-19(23)3/h4-15,22,24H,16H2,1-3H3/t22-/m0/s1. The summed E-state index contributed by atoms with van der Waals surface area (Å²) < 4.78 is 28.8. The van der Waals surface area contributed by atoms with Crippen LogP contribution in [0.15, 0.2) is 82.6 Å². The fourth-order valence-corrected chi connectivity index (χ4v) is 5.58. The lowest BCUT2D eigenvalue weighted by Crippen LogP contribution is -2.30. The molecule has 3 nitrogen and oxygen atoms in total. The van der Waals surface area contributed by atoms with E-state index in [2.05, 4.69) is 30.7 Å². The molecule has 3 rings (SSSR count). The predicted octanol–water partition coefficient (Wildman–Crippen LogP) is 5.42. The highest BCUT2D eigenvalue weighted by Crippen LogP contribution is 2.30. The Hall–Kier alpha value is -2.08. The summed E-state index contributed by atoms with van der Waals surface area (Å²) >= 11 is 1.69. The second-order valence-electron chi connectivity index (χ2n) is 6.93. The largest absolute Gasteiger partial charge is 0.241 e. The van der Waals surface area contributed by atoms with Gasteiger partial charge in [0.1, 0.15) is 0 Å². The van der Waals surface area contributed by atoms with Crippen LogP contribution in [-0.4, -0.2) is 14.2 Å². The molecule has 0 radical (unpaired) electrons. The Morgan fingerprint density at radius 1 is 0.821 bits per heavy atom. The van der Waals surface area contributed by atoms with Crippen LogP contribution >= 0.6 is 11.8 Å². The van der Waals surface area contributed by atoms with Gasteiger partial charge in [-0.3, -0.25) is 0 Å². The molecule has 3 aromatic carbocycles. The zero-order valence-corrected chi connectivity index (χ0v) is 18.0. The molecule has 0 saturated heterocycles. The van der Waals surface area contributed by atoms with E-state index in [-0.39, 0.29) is 10.9 Å². The van der Waals surface area contributed by atoms with E-state index >= 15 is 0 Å². The first-order valence-electron chi connectivity index (χ1n) is 9.20. The van der Waals surface area contributed by atoms with E-state index in [9.17, 15) is 8.42 Å². The molecule has 0 aromatic heterocycles. The average Bonchev–Trinajstić information content (AvgIpc) is 2.67. The lowest BCUT2D eigenvalue weighted by Gasteiger charge is -2.20. The number of aryl methyl sites for hydroxylation is 3. The maximum Gasteiger partial charge on any atom is 0.241 e. The molecule has 0 fully saturated rings. The van der Waals surface area contributed by atoms with Crippen LogP contribution in [0.1, 0.15) is 28.3 Å². The minimum Gasteiger partial charge on any atom is -0.207 e. The molecule has 0 aliphatic carbocycles. The third-order valence-electron chi connectivity index (χ3n) is 4.63. The summed E-state index contributed by atoms with van der Waals surface area (Å²) in [7, 11) is -3.61. The van der Waals surface area contributed by atoms with Crippen molar-refractivity contribution in [2.45, 2.75) is 36.6 Å². The molecule has 0 heterocycles.